The van der Waals surface area contributed by atoms with Gasteiger partial charge in [-0.05, 0) is 37.8 Å². The van der Waals surface area contributed by atoms with Gasteiger partial charge in [0.15, 0.2) is 0 Å². The summed E-state index contributed by atoms with van der Waals surface area (Å²) < 4.78 is 0. The molecule has 2 heterocycles. The van der Waals surface area contributed by atoms with Crippen LogP contribution in [0.5, 0.6) is 0 Å². The lowest BCUT2D eigenvalue weighted by Crippen LogP contribution is -2.55. The van der Waals surface area contributed by atoms with Crippen LogP contribution in [0.25, 0.3) is 0 Å². The van der Waals surface area contributed by atoms with Gasteiger partial charge < -0.3 is 10.2 Å². The van der Waals surface area contributed by atoms with Gasteiger partial charge in [0.05, 0.1) is 0 Å². The normalized spacial score (nSPS) is 32.4. The van der Waals surface area contributed by atoms with Crippen molar-refractivity contribution in [2.24, 2.45) is 11.8 Å². The molecule has 2 aliphatic rings. The van der Waals surface area contributed by atoms with E-state index in [9.17, 15) is 4.79 Å². The number of likely N-dealkylation sites (tertiary alicyclic amines) is 1. The summed E-state index contributed by atoms with van der Waals surface area (Å²) in [6, 6.07) is 0.525. The van der Waals surface area contributed by atoms with Crippen LogP contribution in [0.15, 0.2) is 0 Å². The summed E-state index contributed by atoms with van der Waals surface area (Å²) in [5.74, 6) is 1.73. The van der Waals surface area contributed by atoms with E-state index in [0.29, 0.717) is 23.8 Å². The quantitative estimate of drug-likeness (QED) is 0.790. The van der Waals surface area contributed by atoms with Crippen molar-refractivity contribution in [2.75, 3.05) is 19.6 Å². The van der Waals surface area contributed by atoms with Gasteiger partial charge in [0.25, 0.3) is 0 Å². The first-order valence-electron chi connectivity index (χ1n) is 6.72. The van der Waals surface area contributed by atoms with E-state index in [1.54, 1.807) is 0 Å². The summed E-state index contributed by atoms with van der Waals surface area (Å²) in [4.78, 5) is 14.2. The molecule has 3 heteroatoms. The van der Waals surface area contributed by atoms with Crippen LogP contribution in [0.1, 0.15) is 39.5 Å². The Hall–Kier alpha value is -0.570. The van der Waals surface area contributed by atoms with Crippen molar-refractivity contribution in [3.63, 3.8) is 0 Å². The molecular weight excluding hydrogens is 200 g/mol. The van der Waals surface area contributed by atoms with E-state index in [4.69, 9.17) is 0 Å². The third-order valence-electron chi connectivity index (χ3n) is 4.22. The molecular formula is C13H24N2O. The lowest BCUT2D eigenvalue weighted by molar-refractivity contribution is -0.140. The van der Waals surface area contributed by atoms with Gasteiger partial charge in [-0.2, -0.15) is 0 Å². The molecule has 0 spiro atoms. The average molecular weight is 224 g/mol. The first-order chi connectivity index (χ1) is 7.72. The van der Waals surface area contributed by atoms with Crippen molar-refractivity contribution < 1.29 is 4.79 Å². The number of nitrogens with zero attached hydrogens (tertiary/aromatic N) is 1. The fourth-order valence-electron chi connectivity index (χ4n) is 2.95. The maximum Gasteiger partial charge on any atom is 0.222 e. The highest BCUT2D eigenvalue weighted by Gasteiger charge is 2.37. The minimum Gasteiger partial charge on any atom is -0.339 e. The van der Waals surface area contributed by atoms with Gasteiger partial charge >= 0.3 is 0 Å². The van der Waals surface area contributed by atoms with E-state index in [-0.39, 0.29) is 0 Å². The summed E-state index contributed by atoms with van der Waals surface area (Å²) in [6.07, 6.45) is 4.17. The molecule has 0 radical (unpaired) electrons. The molecule has 2 fully saturated rings. The Balaban J connectivity index is 2.03. The maximum atomic E-state index is 12.0. The van der Waals surface area contributed by atoms with E-state index in [1.165, 1.54) is 6.42 Å². The molecule has 1 amide bonds. The molecule has 3 unspecified atom stereocenters. The Morgan fingerprint density at radius 1 is 1.50 bits per heavy atom. The number of hydrogen-bond donors (Lipinski definition) is 1. The molecule has 0 saturated carbocycles. The molecule has 0 bridgehead atoms. The van der Waals surface area contributed by atoms with Gasteiger partial charge in [-0.3, -0.25) is 4.79 Å². The predicted octanol–water partition coefficient (Wildman–Crippen LogP) is 1.63. The highest BCUT2D eigenvalue weighted by Crippen LogP contribution is 2.29. The van der Waals surface area contributed by atoms with Crippen LogP contribution in [0.2, 0.25) is 0 Å². The largest absolute Gasteiger partial charge is 0.339 e. The van der Waals surface area contributed by atoms with Gasteiger partial charge in [-0.1, -0.05) is 20.3 Å². The lowest BCUT2D eigenvalue weighted by atomic mass is 9.84. The number of carbonyl (C=O) groups is 1. The Kier molecular flexibility index (Phi) is 3.85. The first kappa shape index (κ1) is 11.9. The van der Waals surface area contributed by atoms with Crippen molar-refractivity contribution in [1.82, 2.24) is 10.2 Å². The smallest absolute Gasteiger partial charge is 0.222 e. The molecule has 1 N–H and O–H groups in total. The second kappa shape index (κ2) is 5.17. The third kappa shape index (κ3) is 2.40. The molecule has 2 saturated heterocycles. The molecule has 92 valence electrons. The third-order valence-corrected chi connectivity index (χ3v) is 4.22. The molecule has 2 rings (SSSR count). The lowest BCUT2D eigenvalue weighted by Gasteiger charge is -2.45. The Morgan fingerprint density at radius 3 is 3.06 bits per heavy atom. The zero-order valence-corrected chi connectivity index (χ0v) is 10.5. The standard InChI is InChI=1S/C13H24N2O/c1-3-10(2)9-15-12-6-7-14-8-11(12)4-5-13(15)16/h10-12,14H,3-9H2,1-2H3. The second-order valence-corrected chi connectivity index (χ2v) is 5.42. The topological polar surface area (TPSA) is 32.3 Å². The fraction of sp³-hybridized carbons (Fsp3) is 0.923. The Labute approximate surface area is 98.6 Å². The molecule has 3 atom stereocenters. The molecule has 2 aliphatic heterocycles. The summed E-state index contributed by atoms with van der Waals surface area (Å²) in [7, 11) is 0. The highest BCUT2D eigenvalue weighted by molar-refractivity contribution is 5.77. The summed E-state index contributed by atoms with van der Waals surface area (Å²) in [5, 5.41) is 3.45. The first-order valence-corrected chi connectivity index (χ1v) is 6.72. The highest BCUT2D eigenvalue weighted by atomic mass is 16.2. The number of amides is 1. The van der Waals surface area contributed by atoms with Gasteiger partial charge in [0.2, 0.25) is 5.91 Å². The van der Waals surface area contributed by atoms with E-state index in [1.807, 2.05) is 0 Å². The van der Waals surface area contributed by atoms with Crippen LogP contribution < -0.4 is 5.32 Å². The van der Waals surface area contributed by atoms with Crippen molar-refractivity contribution in [3.8, 4) is 0 Å². The Morgan fingerprint density at radius 2 is 2.31 bits per heavy atom. The summed E-state index contributed by atoms with van der Waals surface area (Å²) in [5.41, 5.74) is 0. The van der Waals surface area contributed by atoms with Gasteiger partial charge in [-0.15, -0.1) is 0 Å². The van der Waals surface area contributed by atoms with Crippen LogP contribution in [-0.2, 0) is 4.79 Å². The van der Waals surface area contributed by atoms with Crippen LogP contribution in [-0.4, -0.2) is 36.5 Å². The SMILES string of the molecule is CCC(C)CN1C(=O)CCC2CNCCC21. The van der Waals surface area contributed by atoms with Crippen LogP contribution in [0.3, 0.4) is 0 Å². The molecule has 0 aliphatic carbocycles. The summed E-state index contributed by atoms with van der Waals surface area (Å²) >= 11 is 0. The van der Waals surface area contributed by atoms with Crippen LogP contribution in [0, 0.1) is 11.8 Å². The van der Waals surface area contributed by atoms with E-state index < -0.39 is 0 Å². The van der Waals surface area contributed by atoms with E-state index >= 15 is 0 Å². The minimum absolute atomic E-state index is 0.392. The molecule has 3 nitrogen and oxygen atoms in total. The monoisotopic (exact) mass is 224 g/mol. The summed E-state index contributed by atoms with van der Waals surface area (Å²) in [6.45, 7) is 7.61. The molecule has 0 aromatic carbocycles. The van der Waals surface area contributed by atoms with Crippen LogP contribution in [0.4, 0.5) is 0 Å². The van der Waals surface area contributed by atoms with Crippen molar-refractivity contribution in [3.05, 3.63) is 0 Å². The number of hydrogen-bond acceptors (Lipinski definition) is 2. The minimum atomic E-state index is 0.392. The van der Waals surface area contributed by atoms with Gasteiger partial charge in [0.1, 0.15) is 0 Å². The zero-order chi connectivity index (χ0) is 11.5. The van der Waals surface area contributed by atoms with Gasteiger partial charge in [0, 0.05) is 19.0 Å². The molecule has 0 aromatic rings. The van der Waals surface area contributed by atoms with E-state index in [0.717, 1.165) is 38.9 Å². The van der Waals surface area contributed by atoms with Gasteiger partial charge in [-0.25, -0.2) is 0 Å². The number of carbonyl (C=O) groups excluding carboxylic acids is 1. The number of fused-ring (bicyclic) bond motifs is 1. The zero-order valence-electron chi connectivity index (χ0n) is 10.5. The number of nitrogens with one attached hydrogen (secondary N) is 1. The predicted molar refractivity (Wildman–Crippen MR) is 65.2 cm³/mol. The second-order valence-electron chi connectivity index (χ2n) is 5.42. The number of piperidine rings is 2. The van der Waals surface area contributed by atoms with Crippen molar-refractivity contribution in [1.29, 1.82) is 0 Å². The molecule has 16 heavy (non-hydrogen) atoms. The maximum absolute atomic E-state index is 12.0. The van der Waals surface area contributed by atoms with Crippen molar-refractivity contribution >= 4 is 5.91 Å². The number of rotatable bonds is 3. The Bertz CT molecular complexity index is 254. The molecule has 0 aromatic heterocycles. The van der Waals surface area contributed by atoms with Crippen molar-refractivity contribution in [2.45, 2.75) is 45.6 Å². The van der Waals surface area contributed by atoms with E-state index in [2.05, 4.69) is 24.1 Å². The van der Waals surface area contributed by atoms with Crippen LogP contribution >= 0.6 is 0 Å². The average Bonchev–Trinajstić information content (AvgIpc) is 2.32. The fourth-order valence-corrected chi connectivity index (χ4v) is 2.95.